The predicted octanol–water partition coefficient (Wildman–Crippen LogP) is 3.78. The minimum Gasteiger partial charge on any atom is -0.492 e. The molecule has 0 unspecified atom stereocenters. The van der Waals surface area contributed by atoms with E-state index in [9.17, 15) is 0 Å². The van der Waals surface area contributed by atoms with E-state index in [2.05, 4.69) is 57.3 Å². The summed E-state index contributed by atoms with van der Waals surface area (Å²) < 4.78 is 5.84. The van der Waals surface area contributed by atoms with E-state index < -0.39 is 0 Å². The van der Waals surface area contributed by atoms with Crippen molar-refractivity contribution in [1.29, 1.82) is 0 Å². The number of hydrogen-bond donors (Lipinski definition) is 1. The molecule has 5 nitrogen and oxygen atoms in total. The van der Waals surface area contributed by atoms with Crippen LogP contribution >= 0.6 is 11.6 Å². The molecule has 0 saturated carbocycles. The van der Waals surface area contributed by atoms with E-state index in [-0.39, 0.29) is 0 Å². The highest BCUT2D eigenvalue weighted by atomic mass is 35.5. The van der Waals surface area contributed by atoms with Crippen molar-refractivity contribution < 1.29 is 4.74 Å². The minimum atomic E-state index is 0.688. The van der Waals surface area contributed by atoms with Crippen LogP contribution in [-0.2, 0) is 0 Å². The summed E-state index contributed by atoms with van der Waals surface area (Å²) >= 11 is 6.54. The summed E-state index contributed by atoms with van der Waals surface area (Å²) in [6.45, 7) is 13.0. The number of hydrogen-bond acceptors (Lipinski definition) is 5. The van der Waals surface area contributed by atoms with Crippen LogP contribution < -0.4 is 24.8 Å². The fraction of sp³-hybridized carbons (Fsp3) is 0.478. The number of nitrogens with one attached hydrogen (secondary N) is 1. The van der Waals surface area contributed by atoms with E-state index in [1.807, 2.05) is 13.0 Å². The lowest BCUT2D eigenvalue weighted by Gasteiger charge is -2.39. The zero-order valence-corrected chi connectivity index (χ0v) is 18.2. The van der Waals surface area contributed by atoms with Crippen molar-refractivity contribution in [3.63, 3.8) is 0 Å². The van der Waals surface area contributed by atoms with Crippen LogP contribution in [0.25, 0.3) is 0 Å². The maximum Gasteiger partial charge on any atom is 0.142 e. The molecule has 0 bridgehead atoms. The third kappa shape index (κ3) is 4.41. The predicted molar refractivity (Wildman–Crippen MR) is 123 cm³/mol. The largest absolute Gasteiger partial charge is 0.492 e. The van der Waals surface area contributed by atoms with Crippen molar-refractivity contribution in [3.8, 4) is 5.75 Å². The number of anilines is 3. The first-order valence-electron chi connectivity index (χ1n) is 10.6. The van der Waals surface area contributed by atoms with Gasteiger partial charge >= 0.3 is 0 Å². The van der Waals surface area contributed by atoms with Crippen LogP contribution in [0.5, 0.6) is 5.75 Å². The Morgan fingerprint density at radius 2 is 1.41 bits per heavy atom. The number of benzene rings is 2. The third-order valence-corrected chi connectivity index (χ3v) is 6.12. The quantitative estimate of drug-likeness (QED) is 0.804. The molecule has 0 spiro atoms. The summed E-state index contributed by atoms with van der Waals surface area (Å²) in [6, 6.07) is 12.6. The Morgan fingerprint density at radius 1 is 0.862 bits per heavy atom. The van der Waals surface area contributed by atoms with Crippen LogP contribution in [0, 0.1) is 6.92 Å². The SMILES string of the molecule is CCOc1ccccc1N1CCN(c2cc(Cl)cc(N3CCNCC3)c2C)CC1. The van der Waals surface area contributed by atoms with E-state index in [1.165, 1.54) is 22.6 Å². The topological polar surface area (TPSA) is 31.0 Å². The van der Waals surface area contributed by atoms with Crippen molar-refractivity contribution in [2.75, 3.05) is 73.7 Å². The van der Waals surface area contributed by atoms with Gasteiger partial charge in [-0.2, -0.15) is 0 Å². The maximum atomic E-state index is 6.54. The van der Waals surface area contributed by atoms with Gasteiger partial charge in [0.05, 0.1) is 12.3 Å². The number of halogens is 1. The zero-order valence-electron chi connectivity index (χ0n) is 17.5. The molecule has 2 fully saturated rings. The zero-order chi connectivity index (χ0) is 20.2. The van der Waals surface area contributed by atoms with Gasteiger partial charge in [-0.15, -0.1) is 0 Å². The number of para-hydroxylation sites is 2. The van der Waals surface area contributed by atoms with Crippen LogP contribution in [0.15, 0.2) is 36.4 Å². The molecule has 4 rings (SSSR count). The van der Waals surface area contributed by atoms with Gasteiger partial charge in [0.15, 0.2) is 0 Å². The fourth-order valence-electron chi connectivity index (χ4n) is 4.40. The summed E-state index contributed by atoms with van der Waals surface area (Å²) in [7, 11) is 0. The van der Waals surface area contributed by atoms with Crippen molar-refractivity contribution in [1.82, 2.24) is 5.32 Å². The summed E-state index contributed by atoms with van der Waals surface area (Å²) in [5.41, 5.74) is 5.07. The molecule has 2 aromatic rings. The first kappa shape index (κ1) is 20.2. The highest BCUT2D eigenvalue weighted by Crippen LogP contribution is 2.35. The number of ether oxygens (including phenoxy) is 1. The Hall–Kier alpha value is -2.11. The third-order valence-electron chi connectivity index (χ3n) is 5.90. The van der Waals surface area contributed by atoms with E-state index >= 15 is 0 Å². The van der Waals surface area contributed by atoms with Crippen LogP contribution in [-0.4, -0.2) is 59.0 Å². The fourth-order valence-corrected chi connectivity index (χ4v) is 4.60. The molecule has 0 aliphatic carbocycles. The Bertz CT molecular complexity index is 830. The second-order valence-corrected chi connectivity index (χ2v) is 8.12. The first-order valence-corrected chi connectivity index (χ1v) is 11.0. The minimum absolute atomic E-state index is 0.688. The van der Waals surface area contributed by atoms with Gasteiger partial charge in [-0.25, -0.2) is 0 Å². The van der Waals surface area contributed by atoms with E-state index in [0.717, 1.165) is 63.1 Å². The Kier molecular flexibility index (Phi) is 6.36. The van der Waals surface area contributed by atoms with Crippen LogP contribution in [0.4, 0.5) is 17.1 Å². The molecule has 6 heteroatoms. The summed E-state index contributed by atoms with van der Waals surface area (Å²) in [4.78, 5) is 7.36. The number of piperazine rings is 2. The van der Waals surface area contributed by atoms with Crippen molar-refractivity contribution in [2.45, 2.75) is 13.8 Å². The highest BCUT2D eigenvalue weighted by Gasteiger charge is 2.23. The molecule has 2 aromatic carbocycles. The molecule has 156 valence electrons. The van der Waals surface area contributed by atoms with Crippen LogP contribution in [0.2, 0.25) is 5.02 Å². The maximum absolute atomic E-state index is 6.54. The van der Waals surface area contributed by atoms with Crippen molar-refractivity contribution in [3.05, 3.63) is 47.0 Å². The van der Waals surface area contributed by atoms with Gasteiger partial charge in [0.25, 0.3) is 0 Å². The van der Waals surface area contributed by atoms with Gasteiger partial charge in [0, 0.05) is 68.8 Å². The monoisotopic (exact) mass is 414 g/mol. The second kappa shape index (κ2) is 9.14. The molecule has 0 radical (unpaired) electrons. The molecule has 0 atom stereocenters. The summed E-state index contributed by atoms with van der Waals surface area (Å²) in [6.07, 6.45) is 0. The van der Waals surface area contributed by atoms with E-state index in [1.54, 1.807) is 0 Å². The molecular weight excluding hydrogens is 384 g/mol. The van der Waals surface area contributed by atoms with Gasteiger partial charge in [-0.3, -0.25) is 0 Å². The Balaban J connectivity index is 1.51. The number of rotatable bonds is 5. The van der Waals surface area contributed by atoms with E-state index in [4.69, 9.17) is 16.3 Å². The van der Waals surface area contributed by atoms with Crippen LogP contribution in [0.3, 0.4) is 0 Å². The van der Waals surface area contributed by atoms with Gasteiger partial charge < -0.3 is 24.8 Å². The average Bonchev–Trinajstić information content (AvgIpc) is 2.76. The molecule has 2 aliphatic heterocycles. The van der Waals surface area contributed by atoms with Gasteiger partial charge in [0.1, 0.15) is 5.75 Å². The van der Waals surface area contributed by atoms with Gasteiger partial charge in [-0.05, 0) is 43.7 Å². The second-order valence-electron chi connectivity index (χ2n) is 7.68. The molecule has 0 amide bonds. The standard InChI is InChI=1S/C23H31ClN4O/c1-3-29-23-7-5-4-6-20(23)27-12-14-28(15-13-27)22-17-19(24)16-21(18(22)2)26-10-8-25-9-11-26/h4-7,16-17,25H,3,8-15H2,1-2H3. The molecule has 29 heavy (non-hydrogen) atoms. The average molecular weight is 415 g/mol. The lowest BCUT2D eigenvalue weighted by Crippen LogP contribution is -2.47. The van der Waals surface area contributed by atoms with Crippen molar-refractivity contribution >= 4 is 28.7 Å². The van der Waals surface area contributed by atoms with Gasteiger partial charge in [0.2, 0.25) is 0 Å². The Morgan fingerprint density at radius 3 is 2.03 bits per heavy atom. The normalized spacial score (nSPS) is 17.6. The van der Waals surface area contributed by atoms with Crippen molar-refractivity contribution in [2.24, 2.45) is 0 Å². The lowest BCUT2D eigenvalue weighted by molar-refractivity contribution is 0.340. The van der Waals surface area contributed by atoms with E-state index in [0.29, 0.717) is 6.61 Å². The smallest absolute Gasteiger partial charge is 0.142 e. The molecule has 1 N–H and O–H groups in total. The highest BCUT2D eigenvalue weighted by molar-refractivity contribution is 6.31. The Labute approximate surface area is 179 Å². The van der Waals surface area contributed by atoms with Gasteiger partial charge in [-0.1, -0.05) is 23.7 Å². The molecule has 2 saturated heterocycles. The summed E-state index contributed by atoms with van der Waals surface area (Å²) in [5.74, 6) is 0.975. The molecule has 0 aromatic heterocycles. The lowest BCUT2D eigenvalue weighted by atomic mass is 10.1. The molecular formula is C23H31ClN4O. The molecule has 2 heterocycles. The number of nitrogens with zero attached hydrogens (tertiary/aromatic N) is 3. The molecule has 2 aliphatic rings. The first-order chi connectivity index (χ1) is 14.2. The van der Waals surface area contributed by atoms with Crippen LogP contribution in [0.1, 0.15) is 12.5 Å². The summed E-state index contributed by atoms with van der Waals surface area (Å²) in [5, 5.41) is 4.25.